The second kappa shape index (κ2) is 6.83. The maximum absolute atomic E-state index is 3.92. The van der Waals surface area contributed by atoms with E-state index in [-0.39, 0.29) is 0 Å². The molecule has 0 aromatic carbocycles. The van der Waals surface area contributed by atoms with E-state index in [4.69, 9.17) is 0 Å². The third-order valence-corrected chi connectivity index (χ3v) is 3.85. The summed E-state index contributed by atoms with van der Waals surface area (Å²) in [5.74, 6) is 0.710. The summed E-state index contributed by atoms with van der Waals surface area (Å²) in [6, 6.07) is 0. The minimum absolute atomic E-state index is 0.385. The Bertz CT molecular complexity index is 241. The summed E-state index contributed by atoms with van der Waals surface area (Å²) in [4.78, 5) is 0. The first kappa shape index (κ1) is 15.3. The predicted molar refractivity (Wildman–Crippen MR) is 77.0 cm³/mol. The van der Waals surface area contributed by atoms with E-state index in [0.717, 1.165) is 0 Å². The van der Waals surface area contributed by atoms with Crippen LogP contribution in [0, 0.1) is 11.3 Å². The van der Waals surface area contributed by atoms with E-state index >= 15 is 0 Å². The van der Waals surface area contributed by atoms with Gasteiger partial charge in [-0.25, -0.2) is 0 Å². The zero-order chi connectivity index (χ0) is 12.8. The van der Waals surface area contributed by atoms with Crippen LogP contribution in [0.25, 0.3) is 0 Å². The molecule has 92 valence electrons. The second-order valence-corrected chi connectivity index (χ2v) is 5.59. The number of nitrogens with one attached hydrogen (secondary N) is 1. The van der Waals surface area contributed by atoms with Gasteiger partial charge in [0.15, 0.2) is 6.71 Å². The first-order valence-corrected chi connectivity index (χ1v) is 6.38. The van der Waals surface area contributed by atoms with Gasteiger partial charge in [-0.15, -0.1) is 0 Å². The Morgan fingerprint density at radius 3 is 2.31 bits per heavy atom. The average molecular weight is 221 g/mol. The van der Waals surface area contributed by atoms with Crippen molar-refractivity contribution in [3.05, 3.63) is 24.3 Å². The summed E-state index contributed by atoms with van der Waals surface area (Å²) >= 11 is 0. The van der Waals surface area contributed by atoms with E-state index in [1.807, 2.05) is 13.1 Å². The molecular weight excluding hydrogens is 193 g/mol. The first-order valence-electron chi connectivity index (χ1n) is 6.38. The van der Waals surface area contributed by atoms with E-state index in [9.17, 15) is 0 Å². The van der Waals surface area contributed by atoms with Gasteiger partial charge in [-0.2, -0.15) is 0 Å². The van der Waals surface area contributed by atoms with E-state index in [1.54, 1.807) is 0 Å². The molecule has 2 heteroatoms. The Labute approximate surface area is 102 Å². The molecule has 0 aliphatic carbocycles. The minimum atomic E-state index is 0.385. The summed E-state index contributed by atoms with van der Waals surface area (Å²) in [6.07, 6.45) is 6.47. The van der Waals surface area contributed by atoms with Crippen LogP contribution in [0.5, 0.6) is 0 Å². The predicted octanol–water partition coefficient (Wildman–Crippen LogP) is 4.01. The fraction of sp³-hybridized carbons (Fsp3) is 0.714. The van der Waals surface area contributed by atoms with Gasteiger partial charge in [-0.1, -0.05) is 65.4 Å². The molecule has 0 aromatic heterocycles. The molecule has 1 nitrogen and oxygen atoms in total. The quantitative estimate of drug-likeness (QED) is 0.506. The Balaban J connectivity index is 4.75. The molecule has 0 radical (unpaired) electrons. The molecule has 0 fully saturated rings. The second-order valence-electron chi connectivity index (χ2n) is 5.59. The summed E-state index contributed by atoms with van der Waals surface area (Å²) in [7, 11) is 1.95. The van der Waals surface area contributed by atoms with Crippen molar-refractivity contribution in [2.24, 2.45) is 11.3 Å². The number of hydrogen-bond donors (Lipinski definition) is 1. The maximum atomic E-state index is 3.92. The van der Waals surface area contributed by atoms with Gasteiger partial charge < -0.3 is 5.32 Å². The molecular formula is C14H28BN. The molecule has 0 aliphatic heterocycles. The monoisotopic (exact) mass is 221 g/mol. The van der Waals surface area contributed by atoms with Crippen molar-refractivity contribution in [3.63, 3.8) is 0 Å². The number of rotatable bonds is 7. The van der Waals surface area contributed by atoms with Crippen molar-refractivity contribution >= 4 is 6.71 Å². The van der Waals surface area contributed by atoms with Crippen molar-refractivity contribution < 1.29 is 0 Å². The van der Waals surface area contributed by atoms with Crippen LogP contribution in [0.2, 0.25) is 12.6 Å². The molecule has 1 N–H and O–H groups in total. The van der Waals surface area contributed by atoms with Crippen molar-refractivity contribution in [2.45, 2.75) is 47.3 Å². The Hall–Kier alpha value is -0.655. The molecule has 0 atom stereocenters. The Morgan fingerprint density at radius 2 is 2.00 bits per heavy atom. The van der Waals surface area contributed by atoms with Gasteiger partial charge in [-0.05, 0) is 17.5 Å². The fourth-order valence-electron chi connectivity index (χ4n) is 1.88. The van der Waals surface area contributed by atoms with Gasteiger partial charge in [0.25, 0.3) is 0 Å². The first-order chi connectivity index (χ1) is 7.38. The van der Waals surface area contributed by atoms with Crippen LogP contribution >= 0.6 is 0 Å². The van der Waals surface area contributed by atoms with Crippen LogP contribution < -0.4 is 5.32 Å². The Kier molecular flexibility index (Phi) is 6.55. The maximum Gasteiger partial charge on any atom is 0.178 e. The van der Waals surface area contributed by atoms with Gasteiger partial charge in [0.2, 0.25) is 0 Å². The van der Waals surface area contributed by atoms with Gasteiger partial charge in [0.1, 0.15) is 0 Å². The molecule has 0 amide bonds. The van der Waals surface area contributed by atoms with Crippen molar-refractivity contribution in [2.75, 3.05) is 7.05 Å². The lowest BCUT2D eigenvalue weighted by molar-refractivity contribution is 0.281. The number of hydrogen-bond acceptors (Lipinski definition) is 1. The molecule has 0 saturated heterocycles. The molecule has 0 heterocycles. The summed E-state index contributed by atoms with van der Waals surface area (Å²) in [5, 5.41) is 3.12. The lowest BCUT2D eigenvalue weighted by atomic mass is 9.36. The average Bonchev–Trinajstić information content (AvgIpc) is 2.22. The lowest BCUT2D eigenvalue weighted by Gasteiger charge is -2.32. The van der Waals surface area contributed by atoms with Crippen LogP contribution in [0.3, 0.4) is 0 Å². The molecule has 0 rings (SSSR count). The highest BCUT2D eigenvalue weighted by Gasteiger charge is 2.28. The highest BCUT2D eigenvalue weighted by atomic mass is 14.8. The van der Waals surface area contributed by atoms with Crippen LogP contribution in [0.15, 0.2) is 24.3 Å². The fourth-order valence-corrected chi connectivity index (χ4v) is 1.88. The normalized spacial score (nSPS) is 12.8. The Morgan fingerprint density at radius 1 is 1.44 bits per heavy atom. The molecule has 0 spiro atoms. The van der Waals surface area contributed by atoms with Gasteiger partial charge in [0.05, 0.1) is 0 Å². The number of allylic oxidation sites excluding steroid dienone is 2. The summed E-state index contributed by atoms with van der Waals surface area (Å²) in [6.45, 7) is 16.1. The van der Waals surface area contributed by atoms with Crippen LogP contribution in [-0.2, 0) is 0 Å². The SMILES string of the molecule is C=C/C(=C\NC)B(CC)CC(C)(C)C(C)C. The van der Waals surface area contributed by atoms with E-state index in [0.29, 0.717) is 18.0 Å². The minimum Gasteiger partial charge on any atom is -0.394 e. The van der Waals surface area contributed by atoms with Crippen molar-refractivity contribution in [3.8, 4) is 0 Å². The molecule has 0 unspecified atom stereocenters. The molecule has 0 aromatic rings. The topological polar surface area (TPSA) is 12.0 Å². The van der Waals surface area contributed by atoms with Gasteiger partial charge >= 0.3 is 0 Å². The standard InChI is InChI=1S/C14H28BN/c1-8-13(10-16-7)15(9-2)11-14(5,6)12(3)4/h8,10,12,16H,1,9,11H2,2-7H3/b13-10+. The van der Waals surface area contributed by atoms with Gasteiger partial charge in [0, 0.05) is 7.05 Å². The zero-order valence-electron chi connectivity index (χ0n) is 11.9. The molecule has 0 bridgehead atoms. The molecule has 0 aliphatic rings. The van der Waals surface area contributed by atoms with E-state index < -0.39 is 0 Å². The van der Waals surface area contributed by atoms with Crippen LogP contribution in [0.1, 0.15) is 34.6 Å². The molecule has 0 saturated carbocycles. The highest BCUT2D eigenvalue weighted by Crippen LogP contribution is 2.34. The zero-order valence-corrected chi connectivity index (χ0v) is 11.9. The highest BCUT2D eigenvalue weighted by molar-refractivity contribution is 6.67. The van der Waals surface area contributed by atoms with Crippen molar-refractivity contribution in [1.82, 2.24) is 5.32 Å². The third-order valence-electron chi connectivity index (χ3n) is 3.85. The van der Waals surface area contributed by atoms with Crippen LogP contribution in [-0.4, -0.2) is 13.8 Å². The van der Waals surface area contributed by atoms with E-state index in [1.165, 1.54) is 18.1 Å². The third kappa shape index (κ3) is 4.46. The lowest BCUT2D eigenvalue weighted by Crippen LogP contribution is -2.28. The smallest absolute Gasteiger partial charge is 0.178 e. The van der Waals surface area contributed by atoms with Crippen molar-refractivity contribution in [1.29, 1.82) is 0 Å². The van der Waals surface area contributed by atoms with Gasteiger partial charge in [-0.3, -0.25) is 0 Å². The summed E-state index contributed by atoms with van der Waals surface area (Å²) in [5.41, 5.74) is 1.72. The molecule has 16 heavy (non-hydrogen) atoms. The van der Waals surface area contributed by atoms with Crippen LogP contribution in [0.4, 0.5) is 0 Å². The van der Waals surface area contributed by atoms with E-state index in [2.05, 4.69) is 52.7 Å². The largest absolute Gasteiger partial charge is 0.394 e. The summed E-state index contributed by atoms with van der Waals surface area (Å²) < 4.78 is 0.